The van der Waals surface area contributed by atoms with Crippen molar-refractivity contribution >= 4 is 0 Å². The SMILES string of the molecule is C/C=C/[C@H](OCc1ccc(OC)cc1)C(C)(C)[C@@H](O)CCO. The van der Waals surface area contributed by atoms with Crippen molar-refractivity contribution in [3.63, 3.8) is 0 Å². The summed E-state index contributed by atoms with van der Waals surface area (Å²) in [5.41, 5.74) is 0.560. The lowest BCUT2D eigenvalue weighted by atomic mass is 9.79. The summed E-state index contributed by atoms with van der Waals surface area (Å²) in [4.78, 5) is 0. The zero-order valence-corrected chi connectivity index (χ0v) is 14.0. The van der Waals surface area contributed by atoms with Gasteiger partial charge in [-0.2, -0.15) is 0 Å². The highest BCUT2D eigenvalue weighted by Crippen LogP contribution is 2.31. The van der Waals surface area contributed by atoms with E-state index in [2.05, 4.69) is 0 Å². The molecule has 0 heterocycles. The van der Waals surface area contributed by atoms with Gasteiger partial charge in [-0.25, -0.2) is 0 Å². The number of aliphatic hydroxyl groups excluding tert-OH is 2. The summed E-state index contributed by atoms with van der Waals surface area (Å²) in [6.07, 6.45) is 3.35. The number of hydrogen-bond acceptors (Lipinski definition) is 4. The first-order valence-corrected chi connectivity index (χ1v) is 7.62. The van der Waals surface area contributed by atoms with Crippen molar-refractivity contribution in [2.75, 3.05) is 13.7 Å². The second-order valence-electron chi connectivity index (χ2n) is 5.95. The maximum atomic E-state index is 10.2. The molecule has 1 rings (SSSR count). The zero-order chi connectivity index (χ0) is 16.6. The van der Waals surface area contributed by atoms with Gasteiger partial charge in [0, 0.05) is 12.0 Å². The molecular formula is C18H28O4. The Hall–Kier alpha value is -1.36. The van der Waals surface area contributed by atoms with Crippen LogP contribution in [0.25, 0.3) is 0 Å². The third-order valence-electron chi connectivity index (χ3n) is 3.95. The van der Waals surface area contributed by atoms with Crippen LogP contribution in [0, 0.1) is 5.41 Å². The first-order valence-electron chi connectivity index (χ1n) is 7.62. The van der Waals surface area contributed by atoms with Crippen LogP contribution in [-0.4, -0.2) is 36.1 Å². The molecule has 0 saturated carbocycles. The first-order chi connectivity index (χ1) is 10.5. The summed E-state index contributed by atoms with van der Waals surface area (Å²) in [5.74, 6) is 0.812. The third-order valence-corrected chi connectivity index (χ3v) is 3.95. The average Bonchev–Trinajstić information content (AvgIpc) is 2.52. The van der Waals surface area contributed by atoms with Crippen LogP contribution in [0.5, 0.6) is 5.75 Å². The monoisotopic (exact) mass is 308 g/mol. The van der Waals surface area contributed by atoms with Crippen molar-refractivity contribution in [2.24, 2.45) is 5.41 Å². The lowest BCUT2D eigenvalue weighted by Crippen LogP contribution is -2.41. The fourth-order valence-electron chi connectivity index (χ4n) is 2.28. The van der Waals surface area contributed by atoms with Crippen LogP contribution in [0.3, 0.4) is 0 Å². The van der Waals surface area contributed by atoms with Crippen LogP contribution >= 0.6 is 0 Å². The zero-order valence-electron chi connectivity index (χ0n) is 14.0. The van der Waals surface area contributed by atoms with E-state index in [1.165, 1.54) is 0 Å². The molecule has 0 bridgehead atoms. The summed E-state index contributed by atoms with van der Waals surface area (Å²) in [6, 6.07) is 7.72. The smallest absolute Gasteiger partial charge is 0.118 e. The van der Waals surface area contributed by atoms with Crippen molar-refractivity contribution in [2.45, 2.75) is 46.0 Å². The molecule has 0 amide bonds. The molecule has 2 N–H and O–H groups in total. The minimum absolute atomic E-state index is 0.0361. The Labute approximate surface area is 133 Å². The van der Waals surface area contributed by atoms with E-state index < -0.39 is 11.5 Å². The summed E-state index contributed by atoms with van der Waals surface area (Å²) in [7, 11) is 1.64. The highest BCUT2D eigenvalue weighted by Gasteiger charge is 2.35. The van der Waals surface area contributed by atoms with Crippen LogP contribution in [0.4, 0.5) is 0 Å². The van der Waals surface area contributed by atoms with Crippen molar-refractivity contribution in [1.29, 1.82) is 0 Å². The second kappa shape index (κ2) is 8.93. The lowest BCUT2D eigenvalue weighted by Gasteiger charge is -2.36. The molecule has 0 fully saturated rings. The molecule has 0 aliphatic heterocycles. The molecule has 0 saturated heterocycles. The molecule has 0 radical (unpaired) electrons. The molecule has 1 aromatic rings. The molecule has 124 valence electrons. The van der Waals surface area contributed by atoms with E-state index in [0.29, 0.717) is 13.0 Å². The van der Waals surface area contributed by atoms with Gasteiger partial charge in [-0.3, -0.25) is 0 Å². The minimum atomic E-state index is -0.630. The van der Waals surface area contributed by atoms with Crippen LogP contribution < -0.4 is 4.74 Å². The van der Waals surface area contributed by atoms with Gasteiger partial charge in [0.05, 0.1) is 25.9 Å². The normalized spacial score (nSPS) is 15.0. The highest BCUT2D eigenvalue weighted by atomic mass is 16.5. The van der Waals surface area contributed by atoms with E-state index >= 15 is 0 Å². The molecule has 4 heteroatoms. The average molecular weight is 308 g/mol. The number of rotatable bonds is 9. The number of methoxy groups -OCH3 is 1. The molecule has 0 aromatic heterocycles. The summed E-state index contributed by atoms with van der Waals surface area (Å²) in [6.45, 7) is 6.25. The number of ether oxygens (including phenoxy) is 2. The Morgan fingerprint density at radius 1 is 1.23 bits per heavy atom. The van der Waals surface area contributed by atoms with Gasteiger partial charge in [0.1, 0.15) is 5.75 Å². The molecular weight excluding hydrogens is 280 g/mol. The minimum Gasteiger partial charge on any atom is -0.497 e. The molecule has 0 spiro atoms. The molecule has 2 atom stereocenters. The van der Waals surface area contributed by atoms with Crippen LogP contribution in [0.2, 0.25) is 0 Å². The van der Waals surface area contributed by atoms with Crippen molar-refractivity contribution < 1.29 is 19.7 Å². The standard InChI is InChI=1S/C18H28O4/c1-5-6-17(18(2,3)16(20)11-12-19)22-13-14-7-9-15(21-4)10-8-14/h5-10,16-17,19-20H,11-13H2,1-4H3/b6-5+/t16-,17-/m0/s1. The highest BCUT2D eigenvalue weighted by molar-refractivity contribution is 5.26. The van der Waals surface area contributed by atoms with Crippen LogP contribution in [0.1, 0.15) is 32.8 Å². The van der Waals surface area contributed by atoms with E-state index in [4.69, 9.17) is 14.6 Å². The molecule has 22 heavy (non-hydrogen) atoms. The Kier molecular flexibility index (Phi) is 7.59. The summed E-state index contributed by atoms with van der Waals surface area (Å²) in [5, 5.41) is 19.3. The molecule has 0 unspecified atom stereocenters. The predicted molar refractivity (Wildman–Crippen MR) is 87.9 cm³/mol. The Bertz CT molecular complexity index is 451. The second-order valence-corrected chi connectivity index (χ2v) is 5.95. The van der Waals surface area contributed by atoms with Gasteiger partial charge in [0.15, 0.2) is 0 Å². The topological polar surface area (TPSA) is 58.9 Å². The van der Waals surface area contributed by atoms with Gasteiger partial charge >= 0.3 is 0 Å². The number of aliphatic hydroxyl groups is 2. The molecule has 1 aromatic carbocycles. The molecule has 4 nitrogen and oxygen atoms in total. The number of hydrogen-bond donors (Lipinski definition) is 2. The Morgan fingerprint density at radius 3 is 2.36 bits per heavy atom. The fourth-order valence-corrected chi connectivity index (χ4v) is 2.28. The van der Waals surface area contributed by atoms with Gasteiger partial charge in [-0.15, -0.1) is 0 Å². The number of allylic oxidation sites excluding steroid dienone is 1. The van der Waals surface area contributed by atoms with E-state index in [1.807, 2.05) is 57.2 Å². The van der Waals surface area contributed by atoms with Crippen molar-refractivity contribution in [3.05, 3.63) is 42.0 Å². The van der Waals surface area contributed by atoms with Crippen LogP contribution in [-0.2, 0) is 11.3 Å². The maximum absolute atomic E-state index is 10.2. The van der Waals surface area contributed by atoms with Gasteiger partial charge < -0.3 is 19.7 Å². The Balaban J connectivity index is 2.74. The van der Waals surface area contributed by atoms with E-state index in [-0.39, 0.29) is 12.7 Å². The molecule has 0 aliphatic carbocycles. The fraction of sp³-hybridized carbons (Fsp3) is 0.556. The summed E-state index contributed by atoms with van der Waals surface area (Å²) < 4.78 is 11.1. The van der Waals surface area contributed by atoms with E-state index in [1.54, 1.807) is 7.11 Å². The predicted octanol–water partition coefficient (Wildman–Crippen LogP) is 2.93. The van der Waals surface area contributed by atoms with E-state index in [0.717, 1.165) is 11.3 Å². The van der Waals surface area contributed by atoms with Crippen molar-refractivity contribution in [3.8, 4) is 5.75 Å². The quantitative estimate of drug-likeness (QED) is 0.689. The van der Waals surface area contributed by atoms with Gasteiger partial charge in [0.25, 0.3) is 0 Å². The lowest BCUT2D eigenvalue weighted by molar-refractivity contribution is -0.0743. The van der Waals surface area contributed by atoms with E-state index in [9.17, 15) is 5.11 Å². The molecule has 0 aliphatic rings. The maximum Gasteiger partial charge on any atom is 0.118 e. The van der Waals surface area contributed by atoms with Gasteiger partial charge in [-0.1, -0.05) is 38.1 Å². The van der Waals surface area contributed by atoms with Gasteiger partial charge in [-0.05, 0) is 31.0 Å². The van der Waals surface area contributed by atoms with Crippen molar-refractivity contribution in [1.82, 2.24) is 0 Å². The largest absolute Gasteiger partial charge is 0.497 e. The third kappa shape index (κ3) is 5.13. The Morgan fingerprint density at radius 2 is 1.86 bits per heavy atom. The number of benzene rings is 1. The van der Waals surface area contributed by atoms with Crippen LogP contribution in [0.15, 0.2) is 36.4 Å². The van der Waals surface area contributed by atoms with Gasteiger partial charge in [0.2, 0.25) is 0 Å². The summed E-state index contributed by atoms with van der Waals surface area (Å²) >= 11 is 0. The first kappa shape index (κ1) is 18.7.